The number of carbonyl (C=O) groups excluding carboxylic acids is 1. The number of hydrogen-bond acceptors (Lipinski definition) is 8. The predicted octanol–water partition coefficient (Wildman–Crippen LogP) is 3.73. The summed E-state index contributed by atoms with van der Waals surface area (Å²) in [6.45, 7) is 1.51. The Morgan fingerprint density at radius 3 is 2.84 bits per heavy atom. The molecule has 1 amide bonds. The first-order valence-electron chi connectivity index (χ1n) is 12.9. The van der Waals surface area contributed by atoms with Crippen LogP contribution >= 0.6 is 0 Å². The van der Waals surface area contributed by atoms with Gasteiger partial charge in [0.15, 0.2) is 0 Å². The molecule has 1 saturated heterocycles. The first-order valence-corrected chi connectivity index (χ1v) is 12.9. The Hall–Kier alpha value is -3.81. The van der Waals surface area contributed by atoms with Gasteiger partial charge >= 0.3 is 0 Å². The monoisotopic (exact) mass is 500 g/mol. The highest BCUT2D eigenvalue weighted by molar-refractivity contribution is 5.92. The molecule has 37 heavy (non-hydrogen) atoms. The Morgan fingerprint density at radius 2 is 2.05 bits per heavy atom. The molecule has 2 aromatic heterocycles. The molecule has 3 N–H and O–H groups in total. The zero-order valence-electron chi connectivity index (χ0n) is 20.8. The van der Waals surface area contributed by atoms with Crippen molar-refractivity contribution in [3.8, 4) is 17.3 Å². The zero-order chi connectivity index (χ0) is 25.6. The standard InChI is InChI=1S/C27H32N8O2/c28-11-8-25(19-4-1-2-5-19)35-16-20(15-30-35)24-9-12-29-27(33-24)32-22-7-3-6-21(14-22)31-26(37)18-34-13-10-23(36)17-34/h3,6-7,9,12,14-16,19,23,25,36H,1-2,4-5,8,10,13,17-18H2,(H,31,37)(H,29,32,33)/t23-,25?/m1/s1. The van der Waals surface area contributed by atoms with E-state index in [0.717, 1.165) is 36.3 Å². The van der Waals surface area contributed by atoms with Crippen molar-refractivity contribution in [3.05, 3.63) is 48.9 Å². The van der Waals surface area contributed by atoms with Crippen LogP contribution in [0.25, 0.3) is 11.3 Å². The molecule has 0 bridgehead atoms. The summed E-state index contributed by atoms with van der Waals surface area (Å²) in [6.07, 6.45) is 11.0. The van der Waals surface area contributed by atoms with Crippen molar-refractivity contribution in [1.82, 2.24) is 24.6 Å². The molecule has 1 aliphatic heterocycles. The topological polar surface area (TPSA) is 132 Å². The van der Waals surface area contributed by atoms with Crippen LogP contribution in [0, 0.1) is 17.2 Å². The SMILES string of the molecule is N#CCC(C1CCCC1)n1cc(-c2ccnc(Nc3cccc(NC(=O)CN4CC[C@@H](O)C4)c3)n2)cn1. The molecule has 5 rings (SSSR count). The van der Waals surface area contributed by atoms with Crippen LogP contribution in [-0.2, 0) is 4.79 Å². The lowest BCUT2D eigenvalue weighted by molar-refractivity contribution is -0.117. The summed E-state index contributed by atoms with van der Waals surface area (Å²) in [5.41, 5.74) is 3.03. The number of aromatic nitrogens is 4. The smallest absolute Gasteiger partial charge is 0.238 e. The number of carbonyl (C=O) groups is 1. The van der Waals surface area contributed by atoms with Gasteiger partial charge in [-0.05, 0) is 49.4 Å². The highest BCUT2D eigenvalue weighted by Gasteiger charge is 2.27. The van der Waals surface area contributed by atoms with E-state index in [1.807, 2.05) is 46.1 Å². The third kappa shape index (κ3) is 6.31. The summed E-state index contributed by atoms with van der Waals surface area (Å²) in [6, 6.07) is 11.7. The van der Waals surface area contributed by atoms with Crippen LogP contribution in [0.3, 0.4) is 0 Å². The number of β-amino-alcohol motifs (C(OH)–C–C–N with tert-alkyl or cyclic N) is 1. The van der Waals surface area contributed by atoms with Gasteiger partial charge in [0.1, 0.15) is 0 Å². The van der Waals surface area contributed by atoms with Gasteiger partial charge in [0.25, 0.3) is 0 Å². The average Bonchev–Trinajstić information content (AvgIpc) is 3.66. The van der Waals surface area contributed by atoms with Crippen LogP contribution in [-0.4, -0.2) is 61.4 Å². The quantitative estimate of drug-likeness (QED) is 0.405. The van der Waals surface area contributed by atoms with Gasteiger partial charge in [-0.3, -0.25) is 14.4 Å². The maximum atomic E-state index is 12.4. The highest BCUT2D eigenvalue weighted by atomic mass is 16.3. The van der Waals surface area contributed by atoms with Crippen LogP contribution in [0.2, 0.25) is 0 Å². The van der Waals surface area contributed by atoms with Crippen molar-refractivity contribution in [2.45, 2.75) is 50.7 Å². The average molecular weight is 501 g/mol. The van der Waals surface area contributed by atoms with Gasteiger partial charge in [-0.1, -0.05) is 18.9 Å². The molecule has 1 aromatic carbocycles. The molecule has 3 heterocycles. The molecule has 10 heteroatoms. The molecule has 2 aliphatic rings. The first kappa shape index (κ1) is 24.9. The predicted molar refractivity (Wildman–Crippen MR) is 140 cm³/mol. The lowest BCUT2D eigenvalue weighted by atomic mass is 9.96. The van der Waals surface area contributed by atoms with E-state index in [-0.39, 0.29) is 24.6 Å². The van der Waals surface area contributed by atoms with Gasteiger partial charge in [-0.2, -0.15) is 10.4 Å². The molecule has 192 valence electrons. The van der Waals surface area contributed by atoms with Crippen molar-refractivity contribution >= 4 is 23.2 Å². The van der Waals surface area contributed by atoms with Gasteiger partial charge in [0, 0.05) is 42.4 Å². The molecule has 1 unspecified atom stereocenters. The number of rotatable bonds is 9. The number of amides is 1. The normalized spacial score (nSPS) is 19.0. The molecular formula is C27H32N8O2. The number of aliphatic hydroxyl groups excluding tert-OH is 1. The Kier molecular flexibility index (Phi) is 7.73. The van der Waals surface area contributed by atoms with Crippen molar-refractivity contribution in [2.75, 3.05) is 30.3 Å². The highest BCUT2D eigenvalue weighted by Crippen LogP contribution is 2.36. The second kappa shape index (κ2) is 11.5. The van der Waals surface area contributed by atoms with Crippen LogP contribution in [0.1, 0.15) is 44.6 Å². The summed E-state index contributed by atoms with van der Waals surface area (Å²) >= 11 is 0. The lowest BCUT2D eigenvalue weighted by Gasteiger charge is -2.21. The molecule has 3 aromatic rings. The number of likely N-dealkylation sites (tertiary alicyclic amines) is 1. The van der Waals surface area contributed by atoms with Crippen molar-refractivity contribution in [1.29, 1.82) is 5.26 Å². The number of hydrogen-bond donors (Lipinski definition) is 3. The minimum atomic E-state index is -0.350. The van der Waals surface area contributed by atoms with Crippen LogP contribution in [0.5, 0.6) is 0 Å². The number of nitriles is 1. The summed E-state index contributed by atoms with van der Waals surface area (Å²) in [4.78, 5) is 23.4. The summed E-state index contributed by atoms with van der Waals surface area (Å²) in [5, 5.41) is 29.7. The molecule has 0 radical (unpaired) electrons. The minimum absolute atomic E-state index is 0.0918. The number of nitrogens with one attached hydrogen (secondary N) is 2. The van der Waals surface area contributed by atoms with E-state index >= 15 is 0 Å². The van der Waals surface area contributed by atoms with Crippen molar-refractivity contribution < 1.29 is 9.90 Å². The fourth-order valence-corrected chi connectivity index (χ4v) is 5.31. The van der Waals surface area contributed by atoms with E-state index in [1.54, 1.807) is 12.4 Å². The number of benzene rings is 1. The van der Waals surface area contributed by atoms with Crippen LogP contribution < -0.4 is 10.6 Å². The Morgan fingerprint density at radius 1 is 1.22 bits per heavy atom. The molecule has 0 spiro atoms. The molecule has 1 saturated carbocycles. The summed E-state index contributed by atoms with van der Waals surface area (Å²) in [5.74, 6) is 0.808. The molecular weight excluding hydrogens is 468 g/mol. The summed E-state index contributed by atoms with van der Waals surface area (Å²) < 4.78 is 1.93. The van der Waals surface area contributed by atoms with Crippen LogP contribution in [0.4, 0.5) is 17.3 Å². The van der Waals surface area contributed by atoms with Gasteiger partial charge < -0.3 is 15.7 Å². The van der Waals surface area contributed by atoms with E-state index in [4.69, 9.17) is 0 Å². The summed E-state index contributed by atoms with van der Waals surface area (Å²) in [7, 11) is 0. The Bertz CT molecular complexity index is 1260. The molecule has 10 nitrogen and oxygen atoms in total. The third-order valence-corrected chi connectivity index (χ3v) is 7.15. The van der Waals surface area contributed by atoms with Crippen molar-refractivity contribution in [2.24, 2.45) is 5.92 Å². The maximum absolute atomic E-state index is 12.4. The van der Waals surface area contributed by atoms with E-state index in [2.05, 4.69) is 31.8 Å². The third-order valence-electron chi connectivity index (χ3n) is 7.15. The van der Waals surface area contributed by atoms with Crippen LogP contribution in [0.15, 0.2) is 48.9 Å². The number of anilines is 3. The number of aliphatic hydroxyl groups is 1. The van der Waals surface area contributed by atoms with E-state index < -0.39 is 0 Å². The van der Waals surface area contributed by atoms with Crippen molar-refractivity contribution in [3.63, 3.8) is 0 Å². The van der Waals surface area contributed by atoms with Gasteiger partial charge in [0.05, 0.1) is 43.1 Å². The first-order chi connectivity index (χ1) is 18.1. The minimum Gasteiger partial charge on any atom is -0.392 e. The fraction of sp³-hybridized carbons (Fsp3) is 0.444. The molecule has 2 fully saturated rings. The Balaban J connectivity index is 1.24. The van der Waals surface area contributed by atoms with E-state index in [1.165, 1.54) is 12.8 Å². The second-order valence-corrected chi connectivity index (χ2v) is 9.88. The maximum Gasteiger partial charge on any atom is 0.238 e. The zero-order valence-corrected chi connectivity index (χ0v) is 20.8. The fourth-order valence-electron chi connectivity index (χ4n) is 5.31. The number of nitrogens with zero attached hydrogens (tertiary/aromatic N) is 6. The lowest BCUT2D eigenvalue weighted by Crippen LogP contribution is -2.32. The van der Waals surface area contributed by atoms with E-state index in [0.29, 0.717) is 36.9 Å². The van der Waals surface area contributed by atoms with E-state index in [9.17, 15) is 15.2 Å². The largest absolute Gasteiger partial charge is 0.392 e. The van der Waals surface area contributed by atoms with Gasteiger partial charge in [-0.25, -0.2) is 9.97 Å². The van der Waals surface area contributed by atoms with Gasteiger partial charge in [0.2, 0.25) is 11.9 Å². The second-order valence-electron chi connectivity index (χ2n) is 9.88. The molecule has 2 atom stereocenters. The Labute approximate surface area is 216 Å². The van der Waals surface area contributed by atoms with Gasteiger partial charge in [-0.15, -0.1) is 0 Å². The molecule has 1 aliphatic carbocycles.